The van der Waals surface area contributed by atoms with Gasteiger partial charge in [0.1, 0.15) is 5.15 Å². The molecule has 0 radical (unpaired) electrons. The van der Waals surface area contributed by atoms with Crippen LogP contribution in [0.4, 0.5) is 0 Å². The molecule has 2 rings (SSSR count). The minimum Gasteiger partial charge on any atom is -0.379 e. The van der Waals surface area contributed by atoms with E-state index in [2.05, 4.69) is 16.8 Å². The van der Waals surface area contributed by atoms with Crippen LogP contribution >= 0.6 is 11.6 Å². The number of carbonyl (C=O) groups is 1. The van der Waals surface area contributed by atoms with E-state index in [0.717, 1.165) is 58.8 Å². The van der Waals surface area contributed by atoms with Gasteiger partial charge >= 0.3 is 0 Å². The van der Waals surface area contributed by atoms with Gasteiger partial charge in [-0.1, -0.05) is 37.8 Å². The molecule has 1 amide bonds. The fraction of sp³-hybridized carbons (Fsp3) is 0.667. The second-order valence-corrected chi connectivity index (χ2v) is 6.56. The molecule has 1 aromatic heterocycles. The minimum atomic E-state index is 0.0454. The number of unbranched alkanes of at least 4 members (excludes halogenated alkanes) is 3. The maximum Gasteiger partial charge on any atom is 0.254 e. The van der Waals surface area contributed by atoms with Gasteiger partial charge in [0.2, 0.25) is 0 Å². The highest BCUT2D eigenvalue weighted by Gasteiger charge is 2.18. The second kappa shape index (κ2) is 10.6. The van der Waals surface area contributed by atoms with Crippen LogP contribution in [0.5, 0.6) is 0 Å². The van der Waals surface area contributed by atoms with Crippen molar-refractivity contribution in [1.29, 1.82) is 0 Å². The summed E-state index contributed by atoms with van der Waals surface area (Å²) >= 11 is 5.93. The molecule has 1 fully saturated rings. The third-order valence-electron chi connectivity index (χ3n) is 4.33. The van der Waals surface area contributed by atoms with Gasteiger partial charge in [0.25, 0.3) is 5.91 Å². The average Bonchev–Trinajstić information content (AvgIpc) is 2.61. The van der Waals surface area contributed by atoms with Crippen molar-refractivity contribution in [2.24, 2.45) is 0 Å². The van der Waals surface area contributed by atoms with Gasteiger partial charge < -0.3 is 9.64 Å². The van der Waals surface area contributed by atoms with Gasteiger partial charge in [0, 0.05) is 44.5 Å². The number of ether oxygens (including phenoxy) is 1. The molecule has 1 saturated heterocycles. The Bertz CT molecular complexity index is 507. The van der Waals surface area contributed by atoms with Crippen molar-refractivity contribution < 1.29 is 9.53 Å². The lowest BCUT2D eigenvalue weighted by Gasteiger charge is -2.30. The first-order valence-electron chi connectivity index (χ1n) is 8.91. The molecule has 1 aliphatic heterocycles. The summed E-state index contributed by atoms with van der Waals surface area (Å²) < 4.78 is 5.38. The number of halogens is 1. The predicted octanol–water partition coefficient (Wildman–Crippen LogP) is 3.09. The maximum absolute atomic E-state index is 12.8. The molecule has 5 nitrogen and oxygen atoms in total. The Morgan fingerprint density at radius 2 is 2.08 bits per heavy atom. The molecule has 134 valence electrons. The Morgan fingerprint density at radius 3 is 2.79 bits per heavy atom. The fourth-order valence-corrected chi connectivity index (χ4v) is 3.02. The molecule has 0 atom stereocenters. The van der Waals surface area contributed by atoms with E-state index < -0.39 is 0 Å². The molecule has 1 aromatic rings. The maximum atomic E-state index is 12.8. The standard InChI is InChI=1S/C18H28ClN3O2/c1-2-3-4-5-8-22(10-9-21-11-13-24-14-12-21)18(23)16-6-7-20-17(19)15-16/h6-7,15H,2-5,8-14H2,1H3. The smallest absolute Gasteiger partial charge is 0.254 e. The molecule has 0 aromatic carbocycles. The molecule has 0 aliphatic carbocycles. The topological polar surface area (TPSA) is 45.7 Å². The van der Waals surface area contributed by atoms with E-state index in [-0.39, 0.29) is 5.91 Å². The van der Waals surface area contributed by atoms with Crippen molar-refractivity contribution in [3.05, 3.63) is 29.0 Å². The van der Waals surface area contributed by atoms with Crippen LogP contribution < -0.4 is 0 Å². The number of aromatic nitrogens is 1. The number of hydrogen-bond acceptors (Lipinski definition) is 4. The molecule has 0 unspecified atom stereocenters. The number of amides is 1. The molecule has 0 saturated carbocycles. The normalized spacial score (nSPS) is 15.4. The zero-order valence-electron chi connectivity index (χ0n) is 14.5. The molecule has 0 bridgehead atoms. The third-order valence-corrected chi connectivity index (χ3v) is 4.54. The first kappa shape index (κ1) is 19.2. The lowest BCUT2D eigenvalue weighted by Crippen LogP contribution is -2.43. The Balaban J connectivity index is 1.93. The van der Waals surface area contributed by atoms with E-state index in [1.807, 2.05) is 4.90 Å². The van der Waals surface area contributed by atoms with Crippen molar-refractivity contribution in [1.82, 2.24) is 14.8 Å². The van der Waals surface area contributed by atoms with Gasteiger partial charge in [-0.3, -0.25) is 9.69 Å². The fourth-order valence-electron chi connectivity index (χ4n) is 2.85. The van der Waals surface area contributed by atoms with Gasteiger partial charge in [-0.25, -0.2) is 4.98 Å². The van der Waals surface area contributed by atoms with Gasteiger partial charge in [-0.05, 0) is 18.6 Å². The first-order chi connectivity index (χ1) is 11.7. The van der Waals surface area contributed by atoms with Gasteiger partial charge in [-0.15, -0.1) is 0 Å². The molecular formula is C18H28ClN3O2. The summed E-state index contributed by atoms with van der Waals surface area (Å²) in [4.78, 5) is 21.1. The zero-order valence-corrected chi connectivity index (χ0v) is 15.3. The van der Waals surface area contributed by atoms with Crippen LogP contribution in [-0.4, -0.2) is 66.6 Å². The Kier molecular flexibility index (Phi) is 8.50. The van der Waals surface area contributed by atoms with Gasteiger partial charge in [0.15, 0.2) is 0 Å². The van der Waals surface area contributed by atoms with E-state index in [4.69, 9.17) is 16.3 Å². The van der Waals surface area contributed by atoms with Crippen LogP contribution in [-0.2, 0) is 4.74 Å². The van der Waals surface area contributed by atoms with Crippen molar-refractivity contribution in [2.75, 3.05) is 45.9 Å². The summed E-state index contributed by atoms with van der Waals surface area (Å²) in [7, 11) is 0. The first-order valence-corrected chi connectivity index (χ1v) is 9.29. The summed E-state index contributed by atoms with van der Waals surface area (Å²) in [5, 5.41) is 0.361. The lowest BCUT2D eigenvalue weighted by molar-refractivity contribution is 0.0324. The molecule has 0 spiro atoms. The van der Waals surface area contributed by atoms with Crippen LogP contribution in [0.3, 0.4) is 0 Å². The number of morpholine rings is 1. The van der Waals surface area contributed by atoms with Crippen LogP contribution in [0.25, 0.3) is 0 Å². The molecule has 6 heteroatoms. The summed E-state index contributed by atoms with van der Waals surface area (Å²) in [5.41, 5.74) is 0.618. The van der Waals surface area contributed by atoms with Gasteiger partial charge in [-0.2, -0.15) is 0 Å². The number of hydrogen-bond donors (Lipinski definition) is 0. The summed E-state index contributed by atoms with van der Waals surface area (Å²) in [5.74, 6) is 0.0454. The Morgan fingerprint density at radius 1 is 1.29 bits per heavy atom. The number of rotatable bonds is 9. The molecule has 2 heterocycles. The van der Waals surface area contributed by atoms with Crippen LogP contribution in [0, 0.1) is 0 Å². The van der Waals surface area contributed by atoms with E-state index >= 15 is 0 Å². The van der Waals surface area contributed by atoms with Gasteiger partial charge in [0.05, 0.1) is 13.2 Å². The zero-order chi connectivity index (χ0) is 17.2. The van der Waals surface area contributed by atoms with E-state index in [1.54, 1.807) is 18.3 Å². The van der Waals surface area contributed by atoms with Crippen molar-refractivity contribution >= 4 is 17.5 Å². The number of carbonyl (C=O) groups excluding carboxylic acids is 1. The van der Waals surface area contributed by atoms with Crippen LogP contribution in [0.2, 0.25) is 5.15 Å². The number of pyridine rings is 1. The molecule has 0 N–H and O–H groups in total. The third kappa shape index (κ3) is 6.38. The van der Waals surface area contributed by atoms with E-state index in [0.29, 0.717) is 10.7 Å². The highest BCUT2D eigenvalue weighted by molar-refractivity contribution is 6.29. The average molecular weight is 354 g/mol. The largest absolute Gasteiger partial charge is 0.379 e. The SMILES string of the molecule is CCCCCCN(CCN1CCOCC1)C(=O)c1ccnc(Cl)c1. The second-order valence-electron chi connectivity index (χ2n) is 6.17. The highest BCUT2D eigenvalue weighted by atomic mass is 35.5. The molecule has 1 aliphatic rings. The summed E-state index contributed by atoms with van der Waals surface area (Å²) in [6.45, 7) is 8.07. The van der Waals surface area contributed by atoms with E-state index in [1.165, 1.54) is 12.8 Å². The highest BCUT2D eigenvalue weighted by Crippen LogP contribution is 2.12. The summed E-state index contributed by atoms with van der Waals surface area (Å²) in [6, 6.07) is 3.39. The van der Waals surface area contributed by atoms with Crippen molar-refractivity contribution in [3.63, 3.8) is 0 Å². The van der Waals surface area contributed by atoms with Crippen molar-refractivity contribution in [2.45, 2.75) is 32.6 Å². The quantitative estimate of drug-likeness (QED) is 0.505. The predicted molar refractivity (Wildman–Crippen MR) is 96.6 cm³/mol. The monoisotopic (exact) mass is 353 g/mol. The molecular weight excluding hydrogens is 326 g/mol. The lowest BCUT2D eigenvalue weighted by atomic mass is 10.1. The van der Waals surface area contributed by atoms with Crippen molar-refractivity contribution in [3.8, 4) is 0 Å². The molecule has 24 heavy (non-hydrogen) atoms. The van der Waals surface area contributed by atoms with E-state index in [9.17, 15) is 4.79 Å². The minimum absolute atomic E-state index is 0.0454. The van der Waals surface area contributed by atoms with Crippen LogP contribution in [0.1, 0.15) is 43.0 Å². The van der Waals surface area contributed by atoms with Crippen LogP contribution in [0.15, 0.2) is 18.3 Å². The Hall–Kier alpha value is -1.17. The summed E-state index contributed by atoms with van der Waals surface area (Å²) in [6.07, 6.45) is 6.21. The Labute approximate surface area is 149 Å². The number of nitrogens with zero attached hydrogens (tertiary/aromatic N) is 3.